The first kappa shape index (κ1) is 21.0. The van der Waals surface area contributed by atoms with E-state index in [0.29, 0.717) is 29.9 Å². The number of aromatic nitrogens is 4. The third kappa shape index (κ3) is 4.59. The van der Waals surface area contributed by atoms with Gasteiger partial charge in [0.25, 0.3) is 0 Å². The number of ketones is 1. The van der Waals surface area contributed by atoms with Crippen molar-refractivity contribution in [3.8, 4) is 11.5 Å². The van der Waals surface area contributed by atoms with Crippen molar-refractivity contribution in [3.05, 3.63) is 65.0 Å². The van der Waals surface area contributed by atoms with Gasteiger partial charge in [0, 0.05) is 17.5 Å². The van der Waals surface area contributed by atoms with E-state index in [1.807, 2.05) is 24.3 Å². The van der Waals surface area contributed by atoms with Gasteiger partial charge >= 0.3 is 0 Å². The highest BCUT2D eigenvalue weighted by atomic mass is 16.5. The molecular formula is C23H27N5O3. The normalized spacial score (nSPS) is 17.2. The number of carbonyl (C=O) groups is 1. The minimum Gasteiger partial charge on any atom is -0.494 e. The van der Waals surface area contributed by atoms with Gasteiger partial charge in [-0.3, -0.25) is 10.5 Å². The first-order valence-electron chi connectivity index (χ1n) is 10.7. The van der Waals surface area contributed by atoms with E-state index >= 15 is 0 Å². The first-order valence-corrected chi connectivity index (χ1v) is 10.7. The number of tetrazole rings is 1. The van der Waals surface area contributed by atoms with Gasteiger partial charge in [0.2, 0.25) is 11.5 Å². The van der Waals surface area contributed by atoms with Crippen LogP contribution in [0.2, 0.25) is 0 Å². The number of nitrogens with two attached hydrogens (primary N) is 1. The molecule has 162 valence electrons. The number of aromatic amines is 1. The molecule has 4 rings (SSSR count). The summed E-state index contributed by atoms with van der Waals surface area (Å²) in [6, 6.07) is 12.7. The van der Waals surface area contributed by atoms with Crippen molar-refractivity contribution in [3.63, 3.8) is 0 Å². The van der Waals surface area contributed by atoms with Crippen LogP contribution in [0.3, 0.4) is 0 Å². The molecule has 1 unspecified atom stereocenters. The number of fused-ring (bicyclic) bond motifs is 1. The number of benzene rings is 2. The van der Waals surface area contributed by atoms with E-state index in [1.165, 1.54) is 25.7 Å². The van der Waals surface area contributed by atoms with Crippen LogP contribution in [0.15, 0.2) is 42.5 Å². The maximum Gasteiger partial charge on any atom is 0.233 e. The third-order valence-corrected chi connectivity index (χ3v) is 5.44. The fourth-order valence-electron chi connectivity index (χ4n) is 3.74. The largest absolute Gasteiger partial charge is 0.494 e. The van der Waals surface area contributed by atoms with Crippen molar-refractivity contribution in [1.29, 1.82) is 0 Å². The molecule has 1 aromatic heterocycles. The van der Waals surface area contributed by atoms with Crippen LogP contribution in [-0.2, 0) is 12.1 Å². The molecule has 1 aliphatic rings. The Bertz CT molecular complexity index is 1020. The van der Waals surface area contributed by atoms with Gasteiger partial charge in [-0.2, -0.15) is 5.21 Å². The number of unbranched alkanes of at least 4 members (excludes halogenated alkanes) is 4. The molecule has 31 heavy (non-hydrogen) atoms. The van der Waals surface area contributed by atoms with Gasteiger partial charge in [0.05, 0.1) is 12.2 Å². The van der Waals surface area contributed by atoms with Crippen LogP contribution in [0.4, 0.5) is 0 Å². The number of nitrogens with one attached hydrogen (secondary N) is 1. The van der Waals surface area contributed by atoms with E-state index in [-0.39, 0.29) is 11.6 Å². The summed E-state index contributed by atoms with van der Waals surface area (Å²) in [7, 11) is 0. The number of hydrogen-bond donors (Lipinski definition) is 2. The summed E-state index contributed by atoms with van der Waals surface area (Å²) >= 11 is 0. The van der Waals surface area contributed by atoms with Gasteiger partial charge in [-0.05, 0) is 42.0 Å². The molecule has 0 fully saturated rings. The van der Waals surface area contributed by atoms with Crippen LogP contribution in [0.5, 0.6) is 11.5 Å². The number of hydrogen-bond acceptors (Lipinski definition) is 7. The lowest BCUT2D eigenvalue weighted by Crippen LogP contribution is -2.42. The van der Waals surface area contributed by atoms with Crippen molar-refractivity contribution < 1.29 is 14.3 Å². The van der Waals surface area contributed by atoms with E-state index in [2.05, 4.69) is 27.5 Å². The van der Waals surface area contributed by atoms with Crippen molar-refractivity contribution in [2.75, 3.05) is 6.61 Å². The highest BCUT2D eigenvalue weighted by molar-refractivity contribution is 6.11. The average molecular weight is 422 g/mol. The summed E-state index contributed by atoms with van der Waals surface area (Å²) in [5.74, 6) is 1.34. The molecule has 0 bridgehead atoms. The molecule has 3 N–H and O–H groups in total. The monoisotopic (exact) mass is 421 g/mol. The third-order valence-electron chi connectivity index (χ3n) is 5.44. The second-order valence-corrected chi connectivity index (χ2v) is 7.81. The lowest BCUT2D eigenvalue weighted by molar-refractivity contribution is 0.0873. The van der Waals surface area contributed by atoms with Crippen LogP contribution in [0.1, 0.15) is 66.3 Å². The predicted molar refractivity (Wildman–Crippen MR) is 115 cm³/mol. The zero-order valence-corrected chi connectivity index (χ0v) is 17.6. The number of ether oxygens (including phenoxy) is 2. The van der Waals surface area contributed by atoms with E-state index in [4.69, 9.17) is 15.2 Å². The minimum atomic E-state index is -1.25. The SMILES string of the molecule is CCCCCCCOc1ccc(C(=O)c2cccc3c2OC(N)(c2nn[nH]n2)C3)cc1. The highest BCUT2D eigenvalue weighted by Crippen LogP contribution is 2.40. The molecular weight excluding hydrogens is 394 g/mol. The van der Waals surface area contributed by atoms with Crippen LogP contribution < -0.4 is 15.2 Å². The fraction of sp³-hybridized carbons (Fsp3) is 0.391. The standard InChI is InChI=1S/C23H27N5O3/c1-2-3-4-5-6-14-30-18-12-10-16(11-13-18)20(29)19-9-7-8-17-15-23(24,31-21(17)19)22-25-27-28-26-22/h7-13H,2-6,14-15,24H2,1H3,(H,25,26,27,28). The van der Waals surface area contributed by atoms with Gasteiger partial charge in [0.1, 0.15) is 11.5 Å². The van der Waals surface area contributed by atoms with Crippen molar-refractivity contribution in [2.45, 2.75) is 51.2 Å². The fourth-order valence-corrected chi connectivity index (χ4v) is 3.74. The molecule has 1 atom stereocenters. The van der Waals surface area contributed by atoms with Gasteiger partial charge < -0.3 is 9.47 Å². The highest BCUT2D eigenvalue weighted by Gasteiger charge is 2.42. The van der Waals surface area contributed by atoms with Crippen LogP contribution in [0, 0.1) is 0 Å². The van der Waals surface area contributed by atoms with Gasteiger partial charge in [-0.25, -0.2) is 0 Å². The molecule has 0 amide bonds. The summed E-state index contributed by atoms with van der Waals surface area (Å²) in [5, 5.41) is 13.8. The van der Waals surface area contributed by atoms with Gasteiger partial charge in [-0.15, -0.1) is 10.2 Å². The Morgan fingerprint density at radius 2 is 1.97 bits per heavy atom. The molecule has 2 aromatic carbocycles. The zero-order valence-electron chi connectivity index (χ0n) is 17.6. The summed E-state index contributed by atoms with van der Waals surface area (Å²) < 4.78 is 11.8. The Balaban J connectivity index is 1.43. The van der Waals surface area contributed by atoms with Gasteiger partial charge in [0.15, 0.2) is 5.78 Å². The number of nitrogens with zero attached hydrogens (tertiary/aromatic N) is 3. The summed E-state index contributed by atoms with van der Waals surface area (Å²) in [5.41, 5.74) is 6.95. The smallest absolute Gasteiger partial charge is 0.233 e. The lowest BCUT2D eigenvalue weighted by Gasteiger charge is -2.19. The topological polar surface area (TPSA) is 116 Å². The molecule has 0 spiro atoms. The summed E-state index contributed by atoms with van der Waals surface area (Å²) in [6.45, 7) is 2.89. The van der Waals surface area contributed by atoms with Crippen molar-refractivity contribution in [2.24, 2.45) is 5.73 Å². The molecule has 3 aromatic rings. The Kier molecular flexibility index (Phi) is 6.27. The number of carbonyl (C=O) groups excluding carboxylic acids is 1. The van der Waals surface area contributed by atoms with Gasteiger partial charge in [-0.1, -0.05) is 44.7 Å². The Morgan fingerprint density at radius 1 is 1.16 bits per heavy atom. The molecule has 0 aliphatic carbocycles. The maximum atomic E-state index is 13.2. The first-order chi connectivity index (χ1) is 15.1. The predicted octanol–water partition coefficient (Wildman–Crippen LogP) is 3.53. The molecule has 0 saturated heterocycles. The molecule has 2 heterocycles. The molecule has 1 aliphatic heterocycles. The lowest BCUT2D eigenvalue weighted by atomic mass is 9.98. The van der Waals surface area contributed by atoms with Crippen LogP contribution >= 0.6 is 0 Å². The quantitative estimate of drug-likeness (QED) is 0.380. The van der Waals surface area contributed by atoms with E-state index in [1.54, 1.807) is 18.2 Å². The number of rotatable bonds is 10. The molecule has 8 heteroatoms. The summed E-state index contributed by atoms with van der Waals surface area (Å²) in [6.07, 6.45) is 6.31. The molecule has 0 radical (unpaired) electrons. The second-order valence-electron chi connectivity index (χ2n) is 7.81. The van der Waals surface area contributed by atoms with E-state index < -0.39 is 5.72 Å². The minimum absolute atomic E-state index is 0.139. The summed E-state index contributed by atoms with van der Waals surface area (Å²) in [4.78, 5) is 13.2. The Hall–Kier alpha value is -3.26. The Morgan fingerprint density at radius 3 is 2.71 bits per heavy atom. The molecule has 0 saturated carbocycles. The zero-order chi connectivity index (χ0) is 21.7. The van der Waals surface area contributed by atoms with Crippen molar-refractivity contribution >= 4 is 5.78 Å². The second kappa shape index (κ2) is 9.26. The molecule has 8 nitrogen and oxygen atoms in total. The number of H-pyrrole nitrogens is 1. The average Bonchev–Trinajstić information content (AvgIpc) is 3.44. The van der Waals surface area contributed by atoms with E-state index in [0.717, 1.165) is 17.7 Å². The Labute approximate surface area is 181 Å². The number of para-hydroxylation sites is 1. The maximum absolute atomic E-state index is 13.2. The van der Waals surface area contributed by atoms with Crippen molar-refractivity contribution in [1.82, 2.24) is 20.6 Å². The van der Waals surface area contributed by atoms with Crippen LogP contribution in [0.25, 0.3) is 0 Å². The van der Waals surface area contributed by atoms with Crippen LogP contribution in [-0.4, -0.2) is 33.0 Å². The van der Waals surface area contributed by atoms with E-state index in [9.17, 15) is 4.79 Å².